The lowest BCUT2D eigenvalue weighted by atomic mass is 9.88. The van der Waals surface area contributed by atoms with Gasteiger partial charge in [-0.2, -0.15) is 0 Å². The van der Waals surface area contributed by atoms with E-state index in [0.717, 1.165) is 0 Å². The molecule has 0 saturated carbocycles. The van der Waals surface area contributed by atoms with Gasteiger partial charge in [-0.15, -0.1) is 0 Å². The van der Waals surface area contributed by atoms with Crippen LogP contribution in [0.3, 0.4) is 0 Å². The zero-order valence-corrected chi connectivity index (χ0v) is 37.4. The second-order valence-electron chi connectivity index (χ2n) is 16.4. The minimum absolute atomic E-state index is 0.0451. The molecule has 2 heterocycles. The van der Waals surface area contributed by atoms with E-state index in [1.165, 1.54) is 13.8 Å². The molecule has 2 aliphatic rings. The van der Waals surface area contributed by atoms with Gasteiger partial charge in [-0.1, -0.05) is 22.6 Å². The topological polar surface area (TPSA) is 328 Å². The van der Waals surface area contributed by atoms with Gasteiger partial charge < -0.3 is 72.2 Å². The van der Waals surface area contributed by atoms with Crippen molar-refractivity contribution in [3.63, 3.8) is 0 Å². The van der Waals surface area contributed by atoms with Gasteiger partial charge in [0.05, 0.1) is 53.7 Å². The minimum atomic E-state index is -1.39. The Bertz CT molecular complexity index is 1390. The number of aliphatic imine (C=N–C) groups is 1. The standard InChI is InChI=1S/C37H66IN9O12/c1-34(2,25-17-45-25)30(51)57-21-37(23-59-32(53)36(5,6)41,22-58-31(52)35(3,4)26-18-46-26)20-56-19-28(49)42-10-12-54-14-15-55-13-11-43-29(50)24(47-27(48)16-38)8-7-9-44-33(39)40/h24-26,45-46H,7-23,41H2,1-6H3,(H,42,49)(H,43,50)(H,47,48)(H4,39,40,44). The van der Waals surface area contributed by atoms with Crippen molar-refractivity contribution < 1.29 is 57.2 Å². The highest BCUT2D eigenvalue weighted by atomic mass is 127. The molecule has 11 N–H and O–H groups in total. The zero-order valence-electron chi connectivity index (χ0n) is 35.2. The highest BCUT2D eigenvalue weighted by molar-refractivity contribution is 14.1. The average molecular weight is 956 g/mol. The first-order valence-corrected chi connectivity index (χ1v) is 21.1. The lowest BCUT2D eigenvalue weighted by molar-refractivity contribution is -0.177. The lowest BCUT2D eigenvalue weighted by Crippen LogP contribution is -2.49. The van der Waals surface area contributed by atoms with Crippen molar-refractivity contribution >= 4 is 64.2 Å². The van der Waals surface area contributed by atoms with Crippen molar-refractivity contribution in [3.8, 4) is 0 Å². The molecule has 2 saturated heterocycles. The maximum absolute atomic E-state index is 13.2. The summed E-state index contributed by atoms with van der Waals surface area (Å²) in [5, 5.41) is 14.3. The quantitative estimate of drug-likeness (QED) is 0.00525. The van der Waals surface area contributed by atoms with Gasteiger partial charge >= 0.3 is 17.9 Å². The smallest absolute Gasteiger partial charge is 0.325 e. The third kappa shape index (κ3) is 19.7. The van der Waals surface area contributed by atoms with Crippen LogP contribution in [-0.2, 0) is 57.2 Å². The molecule has 2 fully saturated rings. The van der Waals surface area contributed by atoms with Crippen LogP contribution in [0.5, 0.6) is 0 Å². The van der Waals surface area contributed by atoms with Crippen LogP contribution >= 0.6 is 22.6 Å². The van der Waals surface area contributed by atoms with Crippen molar-refractivity contribution in [2.45, 2.75) is 78.0 Å². The number of guanidine groups is 1. The molecule has 0 aromatic carbocycles. The third-order valence-electron chi connectivity index (χ3n) is 9.51. The normalized spacial score (nSPS) is 17.7. The number of hydrogen-bond acceptors (Lipinski definition) is 16. The summed E-state index contributed by atoms with van der Waals surface area (Å²) in [5.41, 5.74) is 12.2. The van der Waals surface area contributed by atoms with Crippen LogP contribution < -0.4 is 43.8 Å². The maximum atomic E-state index is 13.2. The van der Waals surface area contributed by atoms with Crippen molar-refractivity contribution in [3.05, 3.63) is 0 Å². The monoisotopic (exact) mass is 955 g/mol. The van der Waals surface area contributed by atoms with E-state index in [-0.39, 0.29) is 100 Å². The summed E-state index contributed by atoms with van der Waals surface area (Å²) in [6, 6.07) is -0.866. The van der Waals surface area contributed by atoms with Crippen molar-refractivity contribution in [1.82, 2.24) is 26.6 Å². The molecular formula is C37H66IN9O12. The van der Waals surface area contributed by atoms with Gasteiger partial charge in [-0.05, 0) is 54.4 Å². The molecule has 59 heavy (non-hydrogen) atoms. The summed E-state index contributed by atoms with van der Waals surface area (Å²) in [4.78, 5) is 80.2. The Morgan fingerprint density at radius 2 is 1.22 bits per heavy atom. The molecule has 0 aromatic heterocycles. The van der Waals surface area contributed by atoms with Crippen LogP contribution in [-0.4, -0.2) is 162 Å². The number of esters is 3. The fraction of sp³-hybridized carbons (Fsp3) is 0.811. The summed E-state index contributed by atoms with van der Waals surface area (Å²) >= 11 is 1.91. The first-order chi connectivity index (χ1) is 27.6. The van der Waals surface area contributed by atoms with E-state index < -0.39 is 58.2 Å². The Hall–Kier alpha value is -3.42. The van der Waals surface area contributed by atoms with Crippen LogP contribution in [0.1, 0.15) is 54.4 Å². The summed E-state index contributed by atoms with van der Waals surface area (Å²) in [6.07, 6.45) is 0.856. The summed E-state index contributed by atoms with van der Waals surface area (Å²) < 4.78 is 34.1. The molecule has 0 aromatic rings. The van der Waals surface area contributed by atoms with Crippen LogP contribution in [0.25, 0.3) is 0 Å². The summed E-state index contributed by atoms with van der Waals surface area (Å²) in [6.45, 7) is 11.0. The molecule has 0 aliphatic carbocycles. The Labute approximate surface area is 359 Å². The van der Waals surface area contributed by atoms with E-state index in [1.807, 2.05) is 22.6 Å². The van der Waals surface area contributed by atoms with Crippen molar-refractivity contribution in [2.75, 3.05) is 96.6 Å². The molecule has 338 valence electrons. The molecule has 0 spiro atoms. The fourth-order valence-electron chi connectivity index (χ4n) is 5.26. The lowest BCUT2D eigenvalue weighted by Gasteiger charge is -2.35. The van der Waals surface area contributed by atoms with Gasteiger partial charge in [-0.25, -0.2) is 0 Å². The molecular weight excluding hydrogens is 889 g/mol. The average Bonchev–Trinajstić information content (AvgIpc) is 4.09. The third-order valence-corrected chi connectivity index (χ3v) is 10.2. The number of ether oxygens (including phenoxy) is 6. The molecule has 2 aliphatic heterocycles. The molecule has 0 radical (unpaired) electrons. The Balaban J connectivity index is 1.84. The Morgan fingerprint density at radius 1 is 0.729 bits per heavy atom. The second kappa shape index (κ2) is 24.7. The molecule has 0 bridgehead atoms. The van der Waals surface area contributed by atoms with E-state index in [4.69, 9.17) is 45.6 Å². The summed E-state index contributed by atoms with van der Waals surface area (Å²) in [7, 11) is 0. The van der Waals surface area contributed by atoms with Gasteiger partial charge in [0.15, 0.2) is 5.96 Å². The number of amides is 3. The Kier molecular flexibility index (Phi) is 21.7. The maximum Gasteiger partial charge on any atom is 0.325 e. The molecule has 22 heteroatoms. The minimum Gasteiger partial charge on any atom is -0.464 e. The first-order valence-electron chi connectivity index (χ1n) is 19.6. The number of hydrogen-bond donors (Lipinski definition) is 8. The van der Waals surface area contributed by atoms with E-state index in [9.17, 15) is 28.8 Å². The fourth-order valence-corrected chi connectivity index (χ4v) is 5.48. The van der Waals surface area contributed by atoms with Gasteiger partial charge in [-0.3, -0.25) is 33.8 Å². The second-order valence-corrected chi connectivity index (χ2v) is 17.1. The number of halogens is 1. The van der Waals surface area contributed by atoms with E-state index in [2.05, 4.69) is 31.6 Å². The highest BCUT2D eigenvalue weighted by Crippen LogP contribution is 2.32. The molecule has 3 amide bonds. The van der Waals surface area contributed by atoms with Crippen LogP contribution in [0.15, 0.2) is 4.99 Å². The van der Waals surface area contributed by atoms with E-state index in [1.54, 1.807) is 27.7 Å². The number of carbonyl (C=O) groups is 6. The molecule has 3 atom stereocenters. The number of alkyl halides is 1. The number of nitrogens with one attached hydrogen (secondary N) is 5. The first kappa shape index (κ1) is 51.7. The van der Waals surface area contributed by atoms with Gasteiger partial charge in [0.1, 0.15) is 38.0 Å². The molecule has 2 rings (SSSR count). The highest BCUT2D eigenvalue weighted by Gasteiger charge is 2.48. The van der Waals surface area contributed by atoms with Crippen molar-refractivity contribution in [2.24, 2.45) is 38.4 Å². The van der Waals surface area contributed by atoms with Gasteiger partial charge in [0.2, 0.25) is 17.7 Å². The number of nitrogens with zero attached hydrogens (tertiary/aromatic N) is 1. The molecule has 3 unspecified atom stereocenters. The predicted octanol–water partition coefficient (Wildman–Crippen LogP) is -2.41. The SMILES string of the molecule is CC(C)(N)C(=O)OCC(COCC(=O)NCCOCCOCCNC(=O)C(CCCN=C(N)N)NC(=O)CI)(COC(=O)C(C)(C)C1CN1)COC(=O)C(C)(C)C1CN1. The molecule has 21 nitrogen and oxygen atoms in total. The van der Waals surface area contributed by atoms with Crippen LogP contribution in [0.4, 0.5) is 0 Å². The zero-order chi connectivity index (χ0) is 44.3. The Morgan fingerprint density at radius 3 is 1.68 bits per heavy atom. The number of rotatable bonds is 31. The van der Waals surface area contributed by atoms with Gasteiger partial charge in [0, 0.05) is 44.8 Å². The van der Waals surface area contributed by atoms with E-state index in [0.29, 0.717) is 32.5 Å². The predicted molar refractivity (Wildman–Crippen MR) is 224 cm³/mol. The van der Waals surface area contributed by atoms with Crippen molar-refractivity contribution in [1.29, 1.82) is 0 Å². The number of nitrogens with two attached hydrogens (primary N) is 3. The largest absolute Gasteiger partial charge is 0.464 e. The van der Waals surface area contributed by atoms with Gasteiger partial charge in [0.25, 0.3) is 0 Å². The van der Waals surface area contributed by atoms with Crippen LogP contribution in [0.2, 0.25) is 0 Å². The van der Waals surface area contributed by atoms with Crippen LogP contribution in [0, 0.1) is 16.2 Å². The number of carbonyl (C=O) groups excluding carboxylic acids is 6. The summed E-state index contributed by atoms with van der Waals surface area (Å²) in [5.74, 6) is -2.90. The van der Waals surface area contributed by atoms with E-state index >= 15 is 0 Å².